The predicted molar refractivity (Wildman–Crippen MR) is 83.7 cm³/mol. The molecule has 2 aromatic rings. The summed E-state index contributed by atoms with van der Waals surface area (Å²) in [6, 6.07) is 7.64. The van der Waals surface area contributed by atoms with E-state index in [0.29, 0.717) is 11.0 Å². The zero-order valence-corrected chi connectivity index (χ0v) is 18.5. The van der Waals surface area contributed by atoms with Crippen molar-refractivity contribution < 1.29 is 108 Å². The molecule has 0 aliphatic carbocycles. The zero-order valence-electron chi connectivity index (χ0n) is 14.4. The predicted octanol–water partition coefficient (Wildman–Crippen LogP) is -11.4. The quantitative estimate of drug-likeness (QED) is 0.193. The van der Waals surface area contributed by atoms with E-state index >= 15 is 0 Å². The Balaban J connectivity index is -0.0000000571. The number of aromatic nitrogens is 2. The minimum atomic E-state index is -1.29. The number of fused-ring (bicyclic) bond motifs is 1. The second kappa shape index (κ2) is 29.2. The van der Waals surface area contributed by atoms with Gasteiger partial charge in [-0.25, -0.2) is 9.91 Å². The fraction of sp³-hybridized carbons (Fsp3) is 0.250. The van der Waals surface area contributed by atoms with Gasteiger partial charge in [-0.2, -0.15) is 5.26 Å². The van der Waals surface area contributed by atoms with Crippen LogP contribution >= 0.6 is 0 Å². The van der Waals surface area contributed by atoms with Crippen molar-refractivity contribution in [3.05, 3.63) is 24.3 Å². The molecule has 2 rings (SSSR count). The topological polar surface area (TPSA) is 259 Å². The van der Waals surface area contributed by atoms with Crippen molar-refractivity contribution in [1.82, 2.24) is 9.97 Å². The molecule has 1 aromatic heterocycles. The second-order valence-electron chi connectivity index (χ2n) is 3.51. The van der Waals surface area contributed by atoms with Gasteiger partial charge in [-0.05, 0) is 6.92 Å². The largest absolute Gasteiger partial charge is 2.00 e. The van der Waals surface area contributed by atoms with E-state index in [1.165, 1.54) is 0 Å². The monoisotopic (exact) mass is 577 g/mol. The molecule has 29 heavy (non-hydrogen) atoms. The zero-order chi connectivity index (χ0) is 13.7. The number of hydrogen-bond donors (Lipinski definition) is 0. The molecule has 17 heteroatoms. The Labute approximate surface area is 206 Å². The summed E-state index contributed by atoms with van der Waals surface area (Å²) in [4.78, 5) is 19.5. The van der Waals surface area contributed by atoms with Crippen LogP contribution in [0.2, 0.25) is 0 Å². The van der Waals surface area contributed by atoms with Crippen molar-refractivity contribution in [2.24, 2.45) is 10.2 Å². The number of nitriles is 1. The third-order valence-corrected chi connectivity index (χ3v) is 2.22. The van der Waals surface area contributed by atoms with Crippen LogP contribution in [-0.4, -0.2) is 51.0 Å². The van der Waals surface area contributed by atoms with E-state index in [2.05, 4.69) is 24.9 Å². The second-order valence-corrected chi connectivity index (χ2v) is 3.51. The summed E-state index contributed by atoms with van der Waals surface area (Å²) in [5.74, 6) is -0.615. The SMILES string of the molecule is CCOC(=O)C(C#N)N=Nc1nc2ccccc2[n-]1.O.O.O.O.O.[Cl-].[Cl-].[Cl-].[Cu+2].[Cu+2]. The van der Waals surface area contributed by atoms with Crippen molar-refractivity contribution in [2.75, 3.05) is 6.61 Å². The summed E-state index contributed by atoms with van der Waals surface area (Å²) in [6.45, 7) is 1.83. The number of carbonyl (C=O) groups is 1. The van der Waals surface area contributed by atoms with Crippen molar-refractivity contribution in [2.45, 2.75) is 13.0 Å². The van der Waals surface area contributed by atoms with E-state index in [-0.39, 0.29) is 111 Å². The van der Waals surface area contributed by atoms with Crippen LogP contribution in [0.5, 0.6) is 0 Å². The Kier molecular flexibility index (Phi) is 56.8. The van der Waals surface area contributed by atoms with Gasteiger partial charge in [0.05, 0.1) is 6.61 Å². The van der Waals surface area contributed by atoms with Crippen LogP contribution in [0.15, 0.2) is 34.5 Å². The number of carbonyl (C=O) groups excluding carboxylic acids is 1. The molecular formula is C12H20Cl3Cu2N5O7. The summed E-state index contributed by atoms with van der Waals surface area (Å²) in [5, 5.41) is 16.1. The summed E-state index contributed by atoms with van der Waals surface area (Å²) >= 11 is 0. The fourth-order valence-electron chi connectivity index (χ4n) is 1.39. The van der Waals surface area contributed by atoms with Gasteiger partial charge >= 0.3 is 40.1 Å². The van der Waals surface area contributed by atoms with E-state index in [1.807, 2.05) is 12.1 Å². The molecule has 1 aromatic carbocycles. The van der Waals surface area contributed by atoms with Gasteiger partial charge in [0.2, 0.25) is 6.04 Å². The summed E-state index contributed by atoms with van der Waals surface area (Å²) in [6.07, 6.45) is 0. The first kappa shape index (κ1) is 56.5. The molecule has 12 nitrogen and oxygen atoms in total. The van der Waals surface area contributed by atoms with Gasteiger partial charge in [0.15, 0.2) is 0 Å². The average molecular weight is 580 g/mol. The summed E-state index contributed by atoms with van der Waals surface area (Å²) in [5.41, 5.74) is 1.36. The number of rotatable bonds is 4. The maximum absolute atomic E-state index is 11.3. The Hall–Kier alpha value is -1.04. The molecule has 0 aliphatic rings. The smallest absolute Gasteiger partial charge is 1.00 e. The van der Waals surface area contributed by atoms with Gasteiger partial charge < -0.3 is 79.3 Å². The number of imidazole rings is 1. The van der Waals surface area contributed by atoms with E-state index in [4.69, 9.17) is 5.26 Å². The maximum Gasteiger partial charge on any atom is 2.00 e. The van der Waals surface area contributed by atoms with Crippen molar-refractivity contribution in [1.29, 1.82) is 5.26 Å². The Morgan fingerprint density at radius 1 is 1.14 bits per heavy atom. The van der Waals surface area contributed by atoms with Crippen molar-refractivity contribution in [3.8, 4) is 6.07 Å². The van der Waals surface area contributed by atoms with Crippen LogP contribution in [0.3, 0.4) is 0 Å². The summed E-state index contributed by atoms with van der Waals surface area (Å²) in [7, 11) is 0. The van der Waals surface area contributed by atoms with Gasteiger partial charge in [-0.15, -0.1) is 0 Å². The van der Waals surface area contributed by atoms with E-state index in [0.717, 1.165) is 0 Å². The van der Waals surface area contributed by atoms with Gasteiger partial charge in [-0.3, -0.25) is 5.11 Å². The van der Waals surface area contributed by atoms with Crippen molar-refractivity contribution in [3.63, 3.8) is 0 Å². The normalized spacial score (nSPS) is 8.14. The molecule has 0 saturated carbocycles. The van der Waals surface area contributed by atoms with Crippen molar-refractivity contribution >= 4 is 23.0 Å². The van der Waals surface area contributed by atoms with Gasteiger partial charge in [0, 0.05) is 17.0 Å². The Bertz CT molecular complexity index is 658. The van der Waals surface area contributed by atoms with Crippen LogP contribution in [0.4, 0.5) is 5.95 Å². The minimum absolute atomic E-state index is 0. The van der Waals surface area contributed by atoms with E-state index < -0.39 is 12.0 Å². The molecule has 1 unspecified atom stereocenters. The van der Waals surface area contributed by atoms with Crippen LogP contribution in [-0.2, 0) is 43.7 Å². The van der Waals surface area contributed by atoms with Gasteiger partial charge in [0.25, 0.3) is 0 Å². The number of ether oxygens (including phenoxy) is 1. The molecule has 0 amide bonds. The van der Waals surface area contributed by atoms with E-state index in [9.17, 15) is 4.79 Å². The molecule has 1 atom stereocenters. The molecule has 2 radical (unpaired) electrons. The number of hydrogen-bond acceptors (Lipinski definition) is 6. The maximum atomic E-state index is 11.3. The van der Waals surface area contributed by atoms with E-state index in [1.54, 1.807) is 25.1 Å². The molecule has 1 heterocycles. The molecule has 178 valence electrons. The molecular weight excluding hydrogens is 560 g/mol. The minimum Gasteiger partial charge on any atom is -1.00 e. The Morgan fingerprint density at radius 3 is 2.10 bits per heavy atom. The standard InChI is InChI=1S/C12H10N5O2.3ClH.2Cu.5H2O/c1-2-19-11(18)10(7-13)16-17-12-14-8-5-3-4-6-9(8)15-12;;;;;;;;;;/h3-6,10H,2H2,1H3;3*1H;;;5*1H2/q-1;;;;2*+2;;;;;/p-3. The number of halogens is 3. The molecule has 0 spiro atoms. The van der Waals surface area contributed by atoms with Crippen LogP contribution < -0.4 is 42.2 Å². The van der Waals surface area contributed by atoms with Crippen LogP contribution in [0.1, 0.15) is 6.92 Å². The fourth-order valence-corrected chi connectivity index (χ4v) is 1.39. The Morgan fingerprint density at radius 2 is 1.66 bits per heavy atom. The number of esters is 1. The molecule has 10 N–H and O–H groups in total. The first-order chi connectivity index (χ1) is 9.24. The molecule has 0 fully saturated rings. The van der Waals surface area contributed by atoms with Gasteiger partial charge in [0.1, 0.15) is 6.07 Å². The summed E-state index contributed by atoms with van der Waals surface area (Å²) < 4.78 is 4.69. The third-order valence-electron chi connectivity index (χ3n) is 2.22. The number of nitrogens with zero attached hydrogens (tertiary/aromatic N) is 5. The third kappa shape index (κ3) is 16.4. The number of benzene rings is 1. The number of azo groups is 1. The molecule has 0 aliphatic heterocycles. The van der Waals surface area contributed by atoms with Crippen LogP contribution in [0.25, 0.3) is 11.0 Å². The van der Waals surface area contributed by atoms with Crippen LogP contribution in [0, 0.1) is 11.3 Å². The number of para-hydroxylation sites is 2. The first-order valence-electron chi connectivity index (χ1n) is 5.61. The molecule has 0 saturated heterocycles. The average Bonchev–Trinajstić information content (AvgIpc) is 2.82. The van der Waals surface area contributed by atoms with Gasteiger partial charge in [-0.1, -0.05) is 24.3 Å². The molecule has 0 bridgehead atoms. The first-order valence-corrected chi connectivity index (χ1v) is 5.61.